The van der Waals surface area contributed by atoms with Gasteiger partial charge in [-0.1, -0.05) is 161 Å². The van der Waals surface area contributed by atoms with Gasteiger partial charge in [-0.25, -0.2) is 0 Å². The monoisotopic (exact) mass is 709 g/mol. The van der Waals surface area contributed by atoms with E-state index in [1.54, 1.807) is 0 Å². The average Bonchev–Trinajstić information content (AvgIpc) is 3.79. The van der Waals surface area contributed by atoms with Crippen LogP contribution in [-0.4, -0.2) is 0 Å². The minimum atomic E-state index is -0.105. The van der Waals surface area contributed by atoms with Crippen LogP contribution in [0.2, 0.25) is 0 Å². The van der Waals surface area contributed by atoms with E-state index in [1.807, 2.05) is 11.3 Å². The Balaban J connectivity index is 1.17. The average molecular weight is 710 g/mol. The van der Waals surface area contributed by atoms with Gasteiger partial charge < -0.3 is 4.90 Å². The van der Waals surface area contributed by atoms with E-state index in [2.05, 4.69) is 196 Å². The Bertz CT molecular complexity index is 3010. The van der Waals surface area contributed by atoms with Crippen molar-refractivity contribution in [2.75, 3.05) is 4.90 Å². The topological polar surface area (TPSA) is 3.24 Å². The molecule has 0 aliphatic heterocycles. The van der Waals surface area contributed by atoms with Crippen LogP contribution in [0.15, 0.2) is 164 Å². The molecule has 0 fully saturated rings. The number of rotatable bonds is 4. The third kappa shape index (κ3) is 4.32. The minimum Gasteiger partial charge on any atom is -0.308 e. The minimum absolute atomic E-state index is 0.0187. The summed E-state index contributed by atoms with van der Waals surface area (Å²) in [5, 5.41) is 5.21. The molecule has 0 amide bonds. The van der Waals surface area contributed by atoms with Crippen LogP contribution in [0.3, 0.4) is 0 Å². The molecule has 9 aromatic rings. The molecule has 2 aliphatic rings. The molecule has 0 bridgehead atoms. The van der Waals surface area contributed by atoms with Gasteiger partial charge in [0.2, 0.25) is 0 Å². The highest BCUT2D eigenvalue weighted by atomic mass is 32.1. The maximum Gasteiger partial charge on any atom is 0.0640 e. The van der Waals surface area contributed by atoms with Crippen molar-refractivity contribution in [1.29, 1.82) is 0 Å². The summed E-state index contributed by atoms with van der Waals surface area (Å²) in [5.74, 6) is 0. The summed E-state index contributed by atoms with van der Waals surface area (Å²) < 4.78 is 2.64. The fraction of sp³-hybridized carbons (Fsp3) is 0.115. The molecular weight excluding hydrogens is 671 g/mol. The molecule has 0 spiro atoms. The standard InChI is InChI=1S/C52H39NS/c1-51(2)42-21-9-7-18-37(42)41-31-34(27-29-44(41)51)33-15-11-16-35(30-33)53(46-24-13-23-45-48(46)40-19-8-10-22-43(40)52(45,3)4)47-25-12-20-38-39-28-26-32-14-5-6-17-36(32)49(39)54-50(38)47/h5-31H,1-4H3. The summed E-state index contributed by atoms with van der Waals surface area (Å²) in [7, 11) is 0. The molecule has 258 valence electrons. The highest BCUT2D eigenvalue weighted by molar-refractivity contribution is 7.27. The van der Waals surface area contributed by atoms with E-state index in [9.17, 15) is 0 Å². The molecule has 0 unspecified atom stereocenters. The summed E-state index contributed by atoms with van der Waals surface area (Å²) in [6.45, 7) is 9.45. The van der Waals surface area contributed by atoms with Gasteiger partial charge in [0.05, 0.1) is 16.1 Å². The first-order valence-electron chi connectivity index (χ1n) is 19.0. The lowest BCUT2D eigenvalue weighted by Gasteiger charge is -2.29. The Kier molecular flexibility index (Phi) is 6.59. The second kappa shape index (κ2) is 11.3. The Morgan fingerprint density at radius 1 is 0.407 bits per heavy atom. The first-order chi connectivity index (χ1) is 26.3. The van der Waals surface area contributed by atoms with Crippen LogP contribution < -0.4 is 4.90 Å². The number of anilines is 3. The van der Waals surface area contributed by atoms with Gasteiger partial charge in [0.25, 0.3) is 0 Å². The lowest BCUT2D eigenvalue weighted by molar-refractivity contribution is 0.660. The third-order valence-corrected chi connectivity index (χ3v) is 13.7. The number of thiophene rings is 1. The fourth-order valence-corrected chi connectivity index (χ4v) is 11.1. The zero-order valence-electron chi connectivity index (χ0n) is 30.9. The second-order valence-corrected chi connectivity index (χ2v) is 17.1. The maximum atomic E-state index is 2.55. The normalized spacial score (nSPS) is 14.6. The lowest BCUT2D eigenvalue weighted by atomic mass is 9.82. The zero-order chi connectivity index (χ0) is 36.3. The Labute approximate surface area is 320 Å². The van der Waals surface area contributed by atoms with E-state index >= 15 is 0 Å². The smallest absolute Gasteiger partial charge is 0.0640 e. The van der Waals surface area contributed by atoms with Crippen molar-refractivity contribution in [3.63, 3.8) is 0 Å². The first-order valence-corrected chi connectivity index (χ1v) is 19.8. The van der Waals surface area contributed by atoms with Gasteiger partial charge in [0.1, 0.15) is 0 Å². The van der Waals surface area contributed by atoms with E-state index in [0.717, 1.165) is 5.69 Å². The number of hydrogen-bond acceptors (Lipinski definition) is 2. The van der Waals surface area contributed by atoms with Gasteiger partial charge >= 0.3 is 0 Å². The highest BCUT2D eigenvalue weighted by Gasteiger charge is 2.38. The summed E-state index contributed by atoms with van der Waals surface area (Å²) >= 11 is 1.92. The predicted molar refractivity (Wildman–Crippen MR) is 232 cm³/mol. The number of hydrogen-bond donors (Lipinski definition) is 0. The van der Waals surface area contributed by atoms with Crippen molar-refractivity contribution in [2.45, 2.75) is 38.5 Å². The van der Waals surface area contributed by atoms with Gasteiger partial charge in [-0.2, -0.15) is 0 Å². The van der Waals surface area contributed by atoms with Crippen molar-refractivity contribution >= 4 is 59.3 Å². The van der Waals surface area contributed by atoms with Crippen LogP contribution in [0.25, 0.3) is 64.3 Å². The second-order valence-electron chi connectivity index (χ2n) is 16.1. The molecular formula is C52H39NS. The molecule has 2 aliphatic carbocycles. The lowest BCUT2D eigenvalue weighted by Crippen LogP contribution is -2.16. The summed E-state index contributed by atoms with van der Waals surface area (Å²) in [6.07, 6.45) is 0. The number of fused-ring (bicyclic) bond motifs is 11. The van der Waals surface area contributed by atoms with Crippen molar-refractivity contribution in [1.82, 2.24) is 0 Å². The SMILES string of the molecule is CC1(C)c2ccccc2-c2cc(-c3cccc(N(c4cccc5c4-c4ccccc4C5(C)C)c4cccc5c4sc4c6ccccc6ccc54)c3)ccc21. The van der Waals surface area contributed by atoms with Gasteiger partial charge in [0.15, 0.2) is 0 Å². The molecule has 0 saturated carbocycles. The van der Waals surface area contributed by atoms with Crippen LogP contribution in [-0.2, 0) is 10.8 Å². The zero-order valence-corrected chi connectivity index (χ0v) is 31.8. The van der Waals surface area contributed by atoms with Crippen LogP contribution >= 0.6 is 11.3 Å². The molecule has 8 aromatic carbocycles. The maximum absolute atomic E-state index is 2.55. The van der Waals surface area contributed by atoms with Crippen molar-refractivity contribution in [3.8, 4) is 33.4 Å². The molecule has 11 rings (SSSR count). The summed E-state index contributed by atoms with van der Waals surface area (Å²) in [5.41, 5.74) is 16.8. The first kappa shape index (κ1) is 31.6. The van der Waals surface area contributed by atoms with Gasteiger partial charge in [-0.15, -0.1) is 11.3 Å². The molecule has 0 radical (unpaired) electrons. The molecule has 2 heteroatoms. The Morgan fingerprint density at radius 2 is 1.02 bits per heavy atom. The quantitative estimate of drug-likeness (QED) is 0.176. The van der Waals surface area contributed by atoms with E-state index in [1.165, 1.54) is 98.0 Å². The predicted octanol–water partition coefficient (Wildman–Crippen LogP) is 15.0. The van der Waals surface area contributed by atoms with E-state index in [4.69, 9.17) is 0 Å². The Morgan fingerprint density at radius 3 is 1.89 bits per heavy atom. The number of nitrogens with zero attached hydrogens (tertiary/aromatic N) is 1. The van der Waals surface area contributed by atoms with E-state index in [0.29, 0.717) is 0 Å². The molecule has 0 atom stereocenters. The summed E-state index contributed by atoms with van der Waals surface area (Å²) in [6, 6.07) is 61.4. The van der Waals surface area contributed by atoms with Crippen LogP contribution in [0.1, 0.15) is 49.9 Å². The highest BCUT2D eigenvalue weighted by Crippen LogP contribution is 2.56. The molecule has 1 heterocycles. The van der Waals surface area contributed by atoms with Crippen LogP contribution in [0, 0.1) is 0 Å². The largest absolute Gasteiger partial charge is 0.308 e. The summed E-state index contributed by atoms with van der Waals surface area (Å²) in [4.78, 5) is 2.55. The molecule has 1 nitrogen and oxygen atoms in total. The van der Waals surface area contributed by atoms with Crippen LogP contribution in [0.4, 0.5) is 17.1 Å². The molecule has 0 saturated heterocycles. The van der Waals surface area contributed by atoms with Crippen molar-refractivity contribution < 1.29 is 0 Å². The van der Waals surface area contributed by atoms with Gasteiger partial charge in [-0.3, -0.25) is 0 Å². The van der Waals surface area contributed by atoms with Crippen molar-refractivity contribution in [2.24, 2.45) is 0 Å². The Hall–Kier alpha value is -5.96. The van der Waals surface area contributed by atoms with Crippen LogP contribution in [0.5, 0.6) is 0 Å². The molecule has 54 heavy (non-hydrogen) atoms. The van der Waals surface area contributed by atoms with E-state index < -0.39 is 0 Å². The molecule has 0 N–H and O–H groups in total. The molecule has 1 aromatic heterocycles. The van der Waals surface area contributed by atoms with E-state index in [-0.39, 0.29) is 10.8 Å². The van der Waals surface area contributed by atoms with Gasteiger partial charge in [-0.05, 0) is 91.2 Å². The van der Waals surface area contributed by atoms with Gasteiger partial charge in [0, 0.05) is 37.6 Å². The third-order valence-electron chi connectivity index (χ3n) is 12.5. The van der Waals surface area contributed by atoms with Crippen molar-refractivity contribution in [3.05, 3.63) is 186 Å². The number of benzene rings is 8. The fourth-order valence-electron chi connectivity index (χ4n) is 9.74.